The third-order valence-electron chi connectivity index (χ3n) is 1.39. The molecule has 1 aromatic carbocycles. The van der Waals surface area contributed by atoms with E-state index in [1.165, 1.54) is 9.21 Å². The van der Waals surface area contributed by atoms with E-state index in [1.807, 2.05) is 24.3 Å². The van der Waals surface area contributed by atoms with Crippen LogP contribution in [0.25, 0.3) is 0 Å². The fourth-order valence-electron chi connectivity index (χ4n) is 0.788. The van der Waals surface area contributed by atoms with Gasteiger partial charge in [0.1, 0.15) is 0 Å². The summed E-state index contributed by atoms with van der Waals surface area (Å²) in [4.78, 5) is 0. The first kappa shape index (κ1) is 9.90. The molecule has 0 aliphatic rings. The van der Waals surface area contributed by atoms with Crippen LogP contribution < -0.4 is 0 Å². The van der Waals surface area contributed by atoms with Crippen LogP contribution in [0.2, 0.25) is 0 Å². The first-order valence-electron chi connectivity index (χ1n) is 3.32. The zero-order valence-electron chi connectivity index (χ0n) is 6.29. The second-order valence-corrected chi connectivity index (χ2v) is 3.61. The molecule has 0 amide bonds. The Labute approximate surface area is 88.7 Å². The van der Waals surface area contributed by atoms with E-state index in [0.29, 0.717) is 6.61 Å². The molecule has 0 N–H and O–H groups in total. The quantitative estimate of drug-likeness (QED) is 0.480. The van der Waals surface area contributed by atoms with Crippen LogP contribution in [-0.2, 0) is 10.8 Å². The van der Waals surface area contributed by atoms with Crippen molar-refractivity contribution in [1.82, 2.24) is 0 Å². The summed E-state index contributed by atoms with van der Waals surface area (Å²) >= 11 is 2.09. The normalized spacial score (nSPS) is 9.33. The van der Waals surface area contributed by atoms with Crippen molar-refractivity contribution in [2.24, 2.45) is 0 Å². The van der Waals surface area contributed by atoms with E-state index in [2.05, 4.69) is 27.1 Å². The maximum absolute atomic E-state index is 5.21. The molecule has 0 bridgehead atoms. The largest absolute Gasteiger partial charge is 0.301 e. The lowest BCUT2D eigenvalue weighted by Crippen LogP contribution is -1.84. The third-order valence-corrected chi connectivity index (χ3v) is 2.36. The van der Waals surface area contributed by atoms with Gasteiger partial charge in [-0.2, -0.15) is 0 Å². The average Bonchev–Trinajstić information content (AvgIpc) is 2.15. The summed E-state index contributed by atoms with van der Waals surface area (Å²) in [6.45, 7) is 0.623. The van der Waals surface area contributed by atoms with E-state index in [0.717, 1.165) is 11.1 Å². The summed E-state index contributed by atoms with van der Waals surface area (Å²) in [5, 5.41) is 0. The molecule has 0 aliphatic heterocycles. The highest BCUT2D eigenvalue weighted by Gasteiger charge is 1.92. The molecule has 1 nitrogen and oxygen atoms in total. The van der Waals surface area contributed by atoms with Gasteiger partial charge in [-0.15, -0.1) is 6.42 Å². The molecule has 0 radical (unpaired) electrons. The highest BCUT2D eigenvalue weighted by atomic mass is 127. The minimum absolute atomic E-state index is 0.623. The first-order valence-corrected chi connectivity index (χ1v) is 6.61. The molecular weight excluding hydrogens is 283 g/mol. The van der Waals surface area contributed by atoms with Gasteiger partial charge in [0.05, 0.1) is 15.8 Å². The van der Waals surface area contributed by atoms with Crippen LogP contribution in [0.5, 0.6) is 0 Å². The van der Waals surface area contributed by atoms with Crippen LogP contribution in [0.1, 0.15) is 11.1 Å². The van der Waals surface area contributed by atoms with Crippen molar-refractivity contribution in [3.05, 3.63) is 35.4 Å². The topological polar surface area (TPSA) is 9.23 Å². The number of halogens is 1. The standard InChI is InChI=1S/C9H7IOS/c1-2-8-3-5-9(6-4-8)7-11-12-10/h1,3-6H,7H2. The van der Waals surface area contributed by atoms with Gasteiger partial charge in [-0.05, 0) is 17.7 Å². The van der Waals surface area contributed by atoms with Crippen LogP contribution in [-0.4, -0.2) is 0 Å². The van der Waals surface area contributed by atoms with Crippen molar-refractivity contribution in [3.63, 3.8) is 0 Å². The van der Waals surface area contributed by atoms with E-state index < -0.39 is 0 Å². The smallest absolute Gasteiger partial charge is 0.0874 e. The lowest BCUT2D eigenvalue weighted by Gasteiger charge is -1.98. The van der Waals surface area contributed by atoms with E-state index in [4.69, 9.17) is 10.6 Å². The average molecular weight is 290 g/mol. The molecule has 1 rings (SSSR count). The van der Waals surface area contributed by atoms with E-state index >= 15 is 0 Å². The van der Waals surface area contributed by atoms with Gasteiger partial charge < -0.3 is 4.18 Å². The van der Waals surface area contributed by atoms with Crippen molar-refractivity contribution in [3.8, 4) is 12.3 Å². The van der Waals surface area contributed by atoms with Crippen LogP contribution in [0.15, 0.2) is 24.3 Å². The Morgan fingerprint density at radius 3 is 2.58 bits per heavy atom. The Bertz CT molecular complexity index is 276. The Balaban J connectivity index is 2.60. The molecule has 0 fully saturated rings. The zero-order chi connectivity index (χ0) is 8.81. The van der Waals surface area contributed by atoms with Gasteiger partial charge in [-0.1, -0.05) is 18.1 Å². The summed E-state index contributed by atoms with van der Waals surface area (Å²) in [6, 6.07) is 7.78. The molecule has 62 valence electrons. The predicted molar refractivity (Wildman–Crippen MR) is 60.8 cm³/mol. The summed E-state index contributed by atoms with van der Waals surface area (Å²) in [5.74, 6) is 2.56. The highest BCUT2D eigenvalue weighted by molar-refractivity contribution is 14.2. The number of benzene rings is 1. The molecule has 0 aromatic heterocycles. The van der Waals surface area contributed by atoms with Gasteiger partial charge in [-0.3, -0.25) is 0 Å². The van der Waals surface area contributed by atoms with Gasteiger partial charge in [0.15, 0.2) is 0 Å². The molecule has 0 aliphatic carbocycles. The lowest BCUT2D eigenvalue weighted by molar-refractivity contribution is 0.371. The molecule has 0 saturated heterocycles. The monoisotopic (exact) mass is 290 g/mol. The number of hydrogen-bond donors (Lipinski definition) is 0. The van der Waals surface area contributed by atoms with Crippen molar-refractivity contribution in [1.29, 1.82) is 0 Å². The SMILES string of the molecule is C#Cc1ccc(COSI)cc1. The van der Waals surface area contributed by atoms with Crippen LogP contribution >= 0.6 is 30.4 Å². The maximum Gasteiger partial charge on any atom is 0.0874 e. The Hall–Kier alpha value is -0.180. The van der Waals surface area contributed by atoms with Gasteiger partial charge in [0.25, 0.3) is 0 Å². The van der Waals surface area contributed by atoms with Crippen molar-refractivity contribution >= 4 is 30.4 Å². The van der Waals surface area contributed by atoms with Crippen molar-refractivity contribution in [2.45, 2.75) is 6.61 Å². The third kappa shape index (κ3) is 3.05. The molecule has 0 saturated carbocycles. The summed E-state index contributed by atoms with van der Waals surface area (Å²) in [6.07, 6.45) is 5.21. The first-order chi connectivity index (χ1) is 5.86. The zero-order valence-corrected chi connectivity index (χ0v) is 9.26. The van der Waals surface area contributed by atoms with Gasteiger partial charge >= 0.3 is 0 Å². The highest BCUT2D eigenvalue weighted by Crippen LogP contribution is 2.15. The molecule has 0 heterocycles. The fraction of sp³-hybridized carbons (Fsp3) is 0.111. The lowest BCUT2D eigenvalue weighted by atomic mass is 10.1. The predicted octanol–water partition coefficient (Wildman–Crippen LogP) is 3.18. The van der Waals surface area contributed by atoms with Crippen molar-refractivity contribution < 1.29 is 4.18 Å². The molecule has 1 aromatic rings. The second kappa shape index (κ2) is 5.46. The molecule has 12 heavy (non-hydrogen) atoms. The van der Waals surface area contributed by atoms with E-state index in [-0.39, 0.29) is 0 Å². The van der Waals surface area contributed by atoms with E-state index in [9.17, 15) is 0 Å². The van der Waals surface area contributed by atoms with Crippen LogP contribution in [0.3, 0.4) is 0 Å². The minimum atomic E-state index is 0.623. The molecule has 0 spiro atoms. The van der Waals surface area contributed by atoms with Crippen LogP contribution in [0.4, 0.5) is 0 Å². The molecule has 0 unspecified atom stereocenters. The molecular formula is C9H7IOS. The van der Waals surface area contributed by atoms with Gasteiger partial charge in [0, 0.05) is 26.8 Å². The summed E-state index contributed by atoms with van der Waals surface area (Å²) in [7, 11) is 1.34. The fourth-order valence-corrected chi connectivity index (χ4v) is 1.35. The summed E-state index contributed by atoms with van der Waals surface area (Å²) < 4.78 is 5.14. The van der Waals surface area contributed by atoms with Crippen LogP contribution in [0, 0.1) is 12.3 Å². The van der Waals surface area contributed by atoms with E-state index in [1.54, 1.807) is 0 Å². The van der Waals surface area contributed by atoms with Gasteiger partial charge in [0.2, 0.25) is 0 Å². The second-order valence-electron chi connectivity index (χ2n) is 2.17. The van der Waals surface area contributed by atoms with Gasteiger partial charge in [-0.25, -0.2) is 0 Å². The molecule has 0 atom stereocenters. The maximum atomic E-state index is 5.21. The van der Waals surface area contributed by atoms with Crippen molar-refractivity contribution in [2.75, 3.05) is 0 Å². The number of hydrogen-bond acceptors (Lipinski definition) is 2. The Kier molecular flexibility index (Phi) is 4.51. The Morgan fingerprint density at radius 2 is 2.08 bits per heavy atom. The molecule has 3 heteroatoms. The Morgan fingerprint density at radius 1 is 1.42 bits per heavy atom. The summed E-state index contributed by atoms with van der Waals surface area (Å²) in [5.41, 5.74) is 2.04. The number of terminal acetylenes is 1. The minimum Gasteiger partial charge on any atom is -0.301 e. The number of rotatable bonds is 3.